The Morgan fingerprint density at radius 2 is 2.03 bits per heavy atom. The van der Waals surface area contributed by atoms with Gasteiger partial charge in [-0.05, 0) is 30.3 Å². The highest BCUT2D eigenvalue weighted by atomic mass is 16.5. The third-order valence-electron chi connectivity index (χ3n) is 5.34. The number of hydrogen-bond acceptors (Lipinski definition) is 7. The average Bonchev–Trinajstić information content (AvgIpc) is 3.39. The lowest BCUT2D eigenvalue weighted by molar-refractivity contribution is 0.305. The second-order valence-corrected chi connectivity index (χ2v) is 8.48. The minimum atomic E-state index is 0.180. The van der Waals surface area contributed by atoms with E-state index in [2.05, 4.69) is 85.0 Å². The zero-order valence-electron chi connectivity index (χ0n) is 19.7. The second kappa shape index (κ2) is 11.8. The molecule has 2 rings (SSSR count). The fourth-order valence-electron chi connectivity index (χ4n) is 3.20. The lowest BCUT2D eigenvalue weighted by atomic mass is 9.94. The Morgan fingerprint density at radius 3 is 2.63 bits per heavy atom. The minimum Gasteiger partial charge on any atom is -0.339 e. The molecule has 2 unspecified atom stereocenters. The fourth-order valence-corrected chi connectivity index (χ4v) is 3.20. The van der Waals surface area contributed by atoms with E-state index in [9.17, 15) is 0 Å². The van der Waals surface area contributed by atoms with Gasteiger partial charge in [0.2, 0.25) is 5.89 Å². The van der Waals surface area contributed by atoms with Crippen LogP contribution in [-0.2, 0) is 13.0 Å². The summed E-state index contributed by atoms with van der Waals surface area (Å²) in [5.74, 6) is 2.52. The molecule has 0 spiro atoms. The Balaban J connectivity index is 1.88. The average molecular weight is 418 g/mol. The van der Waals surface area contributed by atoms with Crippen LogP contribution in [0.25, 0.3) is 0 Å². The van der Waals surface area contributed by atoms with Crippen LogP contribution in [0.3, 0.4) is 0 Å². The molecule has 0 fully saturated rings. The van der Waals surface area contributed by atoms with Crippen molar-refractivity contribution in [1.29, 1.82) is 0 Å². The van der Waals surface area contributed by atoms with Crippen LogP contribution in [0.1, 0.15) is 90.0 Å². The Morgan fingerprint density at radius 1 is 1.27 bits per heavy atom. The summed E-state index contributed by atoms with van der Waals surface area (Å²) in [7, 11) is 2.05. The zero-order chi connectivity index (χ0) is 22.1. The molecule has 0 aliphatic rings. The van der Waals surface area contributed by atoms with Crippen molar-refractivity contribution in [2.24, 2.45) is 5.92 Å². The lowest BCUT2D eigenvalue weighted by Crippen LogP contribution is -2.33. The first-order valence-corrected chi connectivity index (χ1v) is 11.2. The van der Waals surface area contributed by atoms with Crippen molar-refractivity contribution in [2.75, 3.05) is 13.6 Å². The van der Waals surface area contributed by atoms with E-state index in [1.807, 2.05) is 11.6 Å². The van der Waals surface area contributed by atoms with Gasteiger partial charge in [-0.25, -0.2) is 5.43 Å². The molecule has 0 saturated heterocycles. The fraction of sp³-hybridized carbons (Fsp3) is 0.727. The molecule has 0 aliphatic heterocycles. The van der Waals surface area contributed by atoms with Crippen molar-refractivity contribution in [1.82, 2.24) is 35.6 Å². The highest BCUT2D eigenvalue weighted by Crippen LogP contribution is 2.21. The van der Waals surface area contributed by atoms with Crippen molar-refractivity contribution in [2.45, 2.75) is 85.6 Å². The van der Waals surface area contributed by atoms with Crippen LogP contribution >= 0.6 is 0 Å². The molecule has 2 aromatic heterocycles. The van der Waals surface area contributed by atoms with Crippen molar-refractivity contribution in [3.8, 4) is 0 Å². The van der Waals surface area contributed by atoms with Gasteiger partial charge < -0.3 is 9.53 Å². The molecule has 168 valence electrons. The van der Waals surface area contributed by atoms with E-state index in [4.69, 9.17) is 4.52 Å². The van der Waals surface area contributed by atoms with Crippen LogP contribution in [0.5, 0.6) is 0 Å². The first-order chi connectivity index (χ1) is 14.3. The van der Waals surface area contributed by atoms with Crippen LogP contribution in [0, 0.1) is 5.92 Å². The van der Waals surface area contributed by atoms with E-state index in [-0.39, 0.29) is 5.92 Å². The van der Waals surface area contributed by atoms with Crippen molar-refractivity contribution >= 4 is 0 Å². The maximum Gasteiger partial charge on any atom is 0.226 e. The Labute approximate surface area is 181 Å². The molecule has 0 bridgehead atoms. The molecule has 0 aromatic carbocycles. The van der Waals surface area contributed by atoms with Crippen LogP contribution in [-0.4, -0.2) is 43.7 Å². The number of aryl methyl sites for hydroxylation is 2. The van der Waals surface area contributed by atoms with E-state index in [1.165, 1.54) is 5.57 Å². The maximum atomic E-state index is 5.22. The van der Waals surface area contributed by atoms with Crippen LogP contribution in [0.4, 0.5) is 0 Å². The number of hydrazine groups is 1. The second-order valence-electron chi connectivity index (χ2n) is 8.48. The molecule has 30 heavy (non-hydrogen) atoms. The number of nitrogens with one attached hydrogen (secondary N) is 1. The molecule has 0 aliphatic carbocycles. The van der Waals surface area contributed by atoms with Crippen molar-refractivity contribution in [3.05, 3.63) is 35.4 Å². The third kappa shape index (κ3) is 7.23. The molecule has 1 N–H and O–H groups in total. The predicted octanol–water partition coefficient (Wildman–Crippen LogP) is 4.30. The standard InChI is InChI=1S/C22H39N7O/c1-8-10-19(17(5)11-12-29-15-20(16(3)4)25-27-29)14-28(7)23-13-18(6)22-24-21(9-2)30-26-22/h14-18,23H,8-13H2,1-7H3. The smallest absolute Gasteiger partial charge is 0.226 e. The summed E-state index contributed by atoms with van der Waals surface area (Å²) in [6.45, 7) is 14.6. The Bertz CT molecular complexity index is 780. The number of hydrogen-bond donors (Lipinski definition) is 1. The Hall–Kier alpha value is -2.22. The van der Waals surface area contributed by atoms with Gasteiger partial charge in [-0.3, -0.25) is 4.68 Å². The summed E-state index contributed by atoms with van der Waals surface area (Å²) in [6, 6.07) is 0. The maximum absolute atomic E-state index is 5.22. The first kappa shape index (κ1) is 24.1. The summed E-state index contributed by atoms with van der Waals surface area (Å²) in [5, 5.41) is 14.7. The molecule has 8 heteroatoms. The number of aromatic nitrogens is 5. The predicted molar refractivity (Wildman–Crippen MR) is 119 cm³/mol. The van der Waals surface area contributed by atoms with E-state index >= 15 is 0 Å². The van der Waals surface area contributed by atoms with Gasteiger partial charge in [0.25, 0.3) is 0 Å². The zero-order valence-corrected chi connectivity index (χ0v) is 19.7. The van der Waals surface area contributed by atoms with Gasteiger partial charge in [0.05, 0.1) is 5.69 Å². The van der Waals surface area contributed by atoms with E-state index < -0.39 is 0 Å². The highest BCUT2D eigenvalue weighted by molar-refractivity contribution is 5.05. The summed E-state index contributed by atoms with van der Waals surface area (Å²) < 4.78 is 7.19. The summed E-state index contributed by atoms with van der Waals surface area (Å²) >= 11 is 0. The molecule has 8 nitrogen and oxygen atoms in total. The largest absolute Gasteiger partial charge is 0.339 e. The van der Waals surface area contributed by atoms with Gasteiger partial charge in [0.1, 0.15) is 0 Å². The normalized spacial score (nSPS) is 14.3. The first-order valence-electron chi connectivity index (χ1n) is 11.2. The van der Waals surface area contributed by atoms with Crippen LogP contribution in [0.2, 0.25) is 0 Å². The van der Waals surface area contributed by atoms with Crippen molar-refractivity contribution in [3.63, 3.8) is 0 Å². The van der Waals surface area contributed by atoms with Gasteiger partial charge in [-0.15, -0.1) is 5.10 Å². The number of nitrogens with zero attached hydrogens (tertiary/aromatic N) is 6. The summed E-state index contributed by atoms with van der Waals surface area (Å²) in [5.41, 5.74) is 5.94. The van der Waals surface area contributed by atoms with Crippen LogP contribution in [0.15, 0.2) is 22.5 Å². The third-order valence-corrected chi connectivity index (χ3v) is 5.34. The Kier molecular flexibility index (Phi) is 9.49. The quantitative estimate of drug-likeness (QED) is 0.486. The monoisotopic (exact) mass is 417 g/mol. The molecule has 2 aromatic rings. The molecular weight excluding hydrogens is 378 g/mol. The number of rotatable bonds is 13. The topological polar surface area (TPSA) is 84.9 Å². The van der Waals surface area contributed by atoms with Gasteiger partial charge in [0, 0.05) is 44.9 Å². The van der Waals surface area contributed by atoms with Gasteiger partial charge in [-0.2, -0.15) is 4.98 Å². The van der Waals surface area contributed by atoms with Gasteiger partial charge in [0.15, 0.2) is 5.82 Å². The summed E-state index contributed by atoms with van der Waals surface area (Å²) in [6.07, 6.45) is 8.32. The van der Waals surface area contributed by atoms with E-state index in [0.717, 1.165) is 50.3 Å². The molecule has 2 heterocycles. The van der Waals surface area contributed by atoms with Crippen LogP contribution < -0.4 is 5.43 Å². The number of allylic oxidation sites excluding steroid dienone is 1. The minimum absolute atomic E-state index is 0.180. The van der Waals surface area contributed by atoms with E-state index in [0.29, 0.717) is 17.7 Å². The molecule has 0 radical (unpaired) electrons. The molecular formula is C22H39N7O. The van der Waals surface area contributed by atoms with Crippen molar-refractivity contribution < 1.29 is 4.52 Å². The SMILES string of the molecule is CCCC(=CN(C)NCC(C)c1noc(CC)n1)C(C)CCn1cc(C(C)C)nn1. The molecule has 2 atom stereocenters. The van der Waals surface area contributed by atoms with E-state index in [1.54, 1.807) is 0 Å². The van der Waals surface area contributed by atoms with Gasteiger partial charge in [-0.1, -0.05) is 58.3 Å². The highest BCUT2D eigenvalue weighted by Gasteiger charge is 2.14. The lowest BCUT2D eigenvalue weighted by Gasteiger charge is -2.22. The van der Waals surface area contributed by atoms with Gasteiger partial charge >= 0.3 is 0 Å². The molecule has 0 saturated carbocycles. The summed E-state index contributed by atoms with van der Waals surface area (Å²) in [4.78, 5) is 4.43. The molecule has 0 amide bonds.